The van der Waals surface area contributed by atoms with Crippen molar-refractivity contribution in [3.8, 4) is 5.00 Å². The molecule has 1 amide bonds. The summed E-state index contributed by atoms with van der Waals surface area (Å²) >= 11 is 1.32. The van der Waals surface area contributed by atoms with E-state index >= 15 is 0 Å². The molecule has 2 heterocycles. The minimum Gasteiger partial charge on any atom is -0.347 e. The topological polar surface area (TPSA) is 51.1 Å². The Bertz CT molecular complexity index is 1270. The van der Waals surface area contributed by atoms with Crippen molar-refractivity contribution in [2.24, 2.45) is 0 Å². The van der Waals surface area contributed by atoms with Crippen LogP contribution in [-0.4, -0.2) is 10.5 Å². The van der Waals surface area contributed by atoms with Gasteiger partial charge in [0.2, 0.25) is 0 Å². The zero-order valence-electron chi connectivity index (χ0n) is 17.1. The molecule has 4 aromatic rings. The van der Waals surface area contributed by atoms with Gasteiger partial charge in [0.1, 0.15) is 5.00 Å². The van der Waals surface area contributed by atoms with Crippen LogP contribution in [0.1, 0.15) is 31.9 Å². The van der Waals surface area contributed by atoms with E-state index in [2.05, 4.69) is 5.32 Å². The first kappa shape index (κ1) is 20.6. The summed E-state index contributed by atoms with van der Waals surface area (Å²) < 4.78 is 1.57. The van der Waals surface area contributed by atoms with Crippen LogP contribution in [-0.2, 0) is 6.54 Å². The van der Waals surface area contributed by atoms with Crippen LogP contribution in [0.15, 0.2) is 89.9 Å². The lowest BCUT2D eigenvalue weighted by Gasteiger charge is -2.04. The number of carbonyl (C=O) groups is 1. The number of aryl methyl sites for hydroxylation is 1. The Morgan fingerprint density at radius 3 is 2.32 bits per heavy atom. The second-order valence-electron chi connectivity index (χ2n) is 7.18. The molecule has 4 rings (SSSR count). The molecule has 0 saturated heterocycles. The third kappa shape index (κ3) is 5.08. The van der Waals surface area contributed by atoms with E-state index in [-0.39, 0.29) is 11.5 Å². The lowest BCUT2D eigenvalue weighted by atomic mass is 10.1. The van der Waals surface area contributed by atoms with Gasteiger partial charge in [0.05, 0.1) is 4.88 Å². The third-order valence-corrected chi connectivity index (χ3v) is 6.09. The smallest absolute Gasteiger partial charge is 0.261 e. The first-order valence-electron chi connectivity index (χ1n) is 9.99. The maximum Gasteiger partial charge on any atom is 0.261 e. The Morgan fingerprint density at radius 1 is 0.935 bits per heavy atom. The van der Waals surface area contributed by atoms with Crippen molar-refractivity contribution in [1.29, 1.82) is 0 Å². The number of rotatable bonds is 6. The first-order chi connectivity index (χ1) is 15.1. The molecule has 0 aliphatic carbocycles. The number of aromatic nitrogens is 1. The summed E-state index contributed by atoms with van der Waals surface area (Å²) in [6.07, 6.45) is 5.65. The zero-order chi connectivity index (χ0) is 21.6. The van der Waals surface area contributed by atoms with Gasteiger partial charge >= 0.3 is 0 Å². The molecular formula is C26H22N2O2S. The van der Waals surface area contributed by atoms with Gasteiger partial charge in [-0.05, 0) is 41.3 Å². The van der Waals surface area contributed by atoms with Crippen molar-refractivity contribution in [2.45, 2.75) is 13.5 Å². The number of benzene rings is 2. The molecule has 0 radical (unpaired) electrons. The number of nitrogens with zero attached hydrogens (tertiary/aromatic N) is 1. The Morgan fingerprint density at radius 2 is 1.61 bits per heavy atom. The molecule has 2 aromatic carbocycles. The molecule has 4 nitrogen and oxygen atoms in total. The highest BCUT2D eigenvalue weighted by Gasteiger charge is 2.15. The van der Waals surface area contributed by atoms with E-state index in [9.17, 15) is 9.59 Å². The minimum absolute atomic E-state index is 0.131. The first-order valence-corrected chi connectivity index (χ1v) is 10.8. The number of thiophene rings is 1. The van der Waals surface area contributed by atoms with E-state index in [1.807, 2.05) is 91.9 Å². The van der Waals surface area contributed by atoms with Gasteiger partial charge in [-0.1, -0.05) is 72.8 Å². The summed E-state index contributed by atoms with van der Waals surface area (Å²) in [5, 5.41) is 3.68. The molecule has 0 saturated carbocycles. The van der Waals surface area contributed by atoms with Crippen molar-refractivity contribution >= 4 is 29.4 Å². The van der Waals surface area contributed by atoms with E-state index < -0.39 is 0 Å². The second-order valence-corrected chi connectivity index (χ2v) is 8.21. The summed E-state index contributed by atoms with van der Waals surface area (Å²) in [6.45, 7) is 2.36. The fourth-order valence-corrected chi connectivity index (χ4v) is 4.28. The van der Waals surface area contributed by atoms with Crippen molar-refractivity contribution in [3.63, 3.8) is 0 Å². The lowest BCUT2D eigenvalue weighted by molar-refractivity contribution is 0.0954. The molecule has 5 heteroatoms. The number of amides is 1. The predicted octanol–water partition coefficient (Wildman–Crippen LogP) is 5.31. The monoisotopic (exact) mass is 426 g/mol. The summed E-state index contributed by atoms with van der Waals surface area (Å²) in [4.78, 5) is 25.9. The van der Waals surface area contributed by atoms with Gasteiger partial charge in [0, 0.05) is 18.8 Å². The molecule has 1 N–H and O–H groups in total. The second kappa shape index (κ2) is 9.41. The van der Waals surface area contributed by atoms with Gasteiger partial charge in [0.15, 0.2) is 0 Å². The van der Waals surface area contributed by atoms with E-state index in [1.54, 1.807) is 16.8 Å². The Kier molecular flexibility index (Phi) is 6.24. The van der Waals surface area contributed by atoms with Crippen molar-refractivity contribution < 1.29 is 4.79 Å². The molecule has 0 unspecified atom stereocenters. The van der Waals surface area contributed by atoms with Crippen LogP contribution in [0.25, 0.3) is 17.2 Å². The molecule has 0 bridgehead atoms. The van der Waals surface area contributed by atoms with Gasteiger partial charge in [-0.15, -0.1) is 11.3 Å². The number of nitrogens with one attached hydrogen (secondary N) is 1. The Hall–Kier alpha value is -3.70. The van der Waals surface area contributed by atoms with Crippen molar-refractivity contribution in [3.05, 3.63) is 123 Å². The number of pyridine rings is 1. The predicted molar refractivity (Wildman–Crippen MR) is 128 cm³/mol. The Balaban J connectivity index is 1.50. The van der Waals surface area contributed by atoms with E-state index in [4.69, 9.17) is 0 Å². The van der Waals surface area contributed by atoms with Crippen LogP contribution in [0.3, 0.4) is 0 Å². The van der Waals surface area contributed by atoms with Crippen molar-refractivity contribution in [1.82, 2.24) is 9.88 Å². The quantitative estimate of drug-likeness (QED) is 0.454. The summed E-state index contributed by atoms with van der Waals surface area (Å²) in [7, 11) is 0. The number of hydrogen-bond acceptors (Lipinski definition) is 3. The molecule has 154 valence electrons. The van der Waals surface area contributed by atoms with E-state index in [0.717, 1.165) is 27.3 Å². The summed E-state index contributed by atoms with van der Waals surface area (Å²) in [5.74, 6) is -0.131. The SMILES string of the molecule is Cc1cc(-n2ccc(C=Cc3ccccc3)cc2=O)sc1C(=O)NCc1ccccc1. The van der Waals surface area contributed by atoms with Crippen LogP contribution in [0.4, 0.5) is 0 Å². The molecule has 0 atom stereocenters. The normalized spacial score (nSPS) is 11.0. The summed E-state index contributed by atoms with van der Waals surface area (Å²) in [6, 6.07) is 25.1. The maximum absolute atomic E-state index is 12.7. The van der Waals surface area contributed by atoms with Gasteiger partial charge in [0.25, 0.3) is 11.5 Å². The highest BCUT2D eigenvalue weighted by Crippen LogP contribution is 2.24. The number of carbonyl (C=O) groups excluding carboxylic acids is 1. The largest absolute Gasteiger partial charge is 0.347 e. The van der Waals surface area contributed by atoms with E-state index in [0.29, 0.717) is 11.4 Å². The molecule has 31 heavy (non-hydrogen) atoms. The van der Waals surface area contributed by atoms with Crippen LogP contribution in [0, 0.1) is 6.92 Å². The molecule has 0 spiro atoms. The van der Waals surface area contributed by atoms with Gasteiger partial charge in [-0.3, -0.25) is 14.2 Å². The fourth-order valence-electron chi connectivity index (χ4n) is 3.20. The number of hydrogen-bond donors (Lipinski definition) is 1. The van der Waals surface area contributed by atoms with Crippen LogP contribution < -0.4 is 10.9 Å². The van der Waals surface area contributed by atoms with E-state index in [1.165, 1.54) is 11.3 Å². The van der Waals surface area contributed by atoms with Crippen LogP contribution >= 0.6 is 11.3 Å². The molecular weight excluding hydrogens is 404 g/mol. The molecule has 2 aromatic heterocycles. The molecule has 0 aliphatic heterocycles. The van der Waals surface area contributed by atoms with Gasteiger partial charge in [-0.25, -0.2) is 0 Å². The highest BCUT2D eigenvalue weighted by atomic mass is 32.1. The molecule has 0 aliphatic rings. The highest BCUT2D eigenvalue weighted by molar-refractivity contribution is 7.16. The van der Waals surface area contributed by atoms with Crippen LogP contribution in [0.5, 0.6) is 0 Å². The summed E-state index contributed by atoms with van der Waals surface area (Å²) in [5.41, 5.74) is 3.67. The van der Waals surface area contributed by atoms with Gasteiger partial charge < -0.3 is 5.32 Å². The maximum atomic E-state index is 12.7. The van der Waals surface area contributed by atoms with Crippen LogP contribution in [0.2, 0.25) is 0 Å². The zero-order valence-corrected chi connectivity index (χ0v) is 17.9. The Labute approximate surface area is 185 Å². The lowest BCUT2D eigenvalue weighted by Crippen LogP contribution is -2.22. The third-order valence-electron chi connectivity index (χ3n) is 4.86. The average molecular weight is 427 g/mol. The standard InChI is InChI=1S/C26H22N2O2S/c1-19-16-24(31-25(19)26(30)27-18-22-10-6-3-7-11-22)28-15-14-21(17-23(28)29)13-12-20-8-4-2-5-9-20/h2-17H,18H2,1H3,(H,27,30). The van der Waals surface area contributed by atoms with Gasteiger partial charge in [-0.2, -0.15) is 0 Å². The van der Waals surface area contributed by atoms with Crippen molar-refractivity contribution in [2.75, 3.05) is 0 Å². The fraction of sp³-hybridized carbons (Fsp3) is 0.0769. The minimum atomic E-state index is -0.132. The average Bonchev–Trinajstić information content (AvgIpc) is 3.19. The molecule has 0 fully saturated rings.